The monoisotopic (exact) mass is 464 g/mol. The fourth-order valence-corrected chi connectivity index (χ4v) is 1.93. The van der Waals surface area contributed by atoms with E-state index >= 15 is 0 Å². The van der Waals surface area contributed by atoms with Crippen LogP contribution in [-0.2, 0) is 31.3 Å². The Hall–Kier alpha value is -4.04. The van der Waals surface area contributed by atoms with Crippen molar-refractivity contribution < 1.29 is 19.2 Å². The van der Waals surface area contributed by atoms with Gasteiger partial charge in [-0.25, -0.2) is 34.2 Å². The highest BCUT2D eigenvalue weighted by Gasteiger charge is 2.17. The molecule has 2 rings (SSSR count). The first-order valence-corrected chi connectivity index (χ1v) is 10.4. The van der Waals surface area contributed by atoms with Gasteiger partial charge in [-0.2, -0.15) is 4.99 Å². The van der Waals surface area contributed by atoms with Crippen LogP contribution in [0.1, 0.15) is 52.7 Å². The smallest absolute Gasteiger partial charge is 0.211 e. The second-order valence-corrected chi connectivity index (χ2v) is 7.96. The summed E-state index contributed by atoms with van der Waals surface area (Å²) < 4.78 is 0. The Morgan fingerprint density at radius 1 is 0.647 bits per heavy atom. The standard InChI is InChI=1S/C10H11NO.C8H7NO.C5H9NO.C3H5NO/c1-10(2,11-8-12)9-6-4-3-5-7-9;10-7-9-6-8-4-2-1-3-5-8;1-5(2,3)6-4-7;1-2-4-3-5/h3-7H,1-2H3;1-5H,6H2;1-3H3;2H2,1H3. The Labute approximate surface area is 201 Å². The van der Waals surface area contributed by atoms with E-state index < -0.39 is 5.54 Å². The minimum absolute atomic E-state index is 0.248. The summed E-state index contributed by atoms with van der Waals surface area (Å²) in [4.78, 5) is 52.2. The van der Waals surface area contributed by atoms with Gasteiger partial charge in [-0.3, -0.25) is 0 Å². The maximum absolute atomic E-state index is 10.1. The number of aliphatic imine (C=N–C) groups is 4. The molecule has 0 fully saturated rings. The molecule has 8 nitrogen and oxygen atoms in total. The van der Waals surface area contributed by atoms with E-state index in [4.69, 9.17) is 4.79 Å². The molecule has 0 N–H and O–H groups in total. The lowest BCUT2D eigenvalue weighted by atomic mass is 9.95. The highest BCUT2D eigenvalue weighted by atomic mass is 16.1. The van der Waals surface area contributed by atoms with Crippen LogP contribution in [0.4, 0.5) is 0 Å². The van der Waals surface area contributed by atoms with Gasteiger partial charge in [0.05, 0.1) is 17.6 Å². The van der Waals surface area contributed by atoms with E-state index in [1.165, 1.54) is 18.2 Å². The predicted molar refractivity (Wildman–Crippen MR) is 132 cm³/mol. The summed E-state index contributed by atoms with van der Waals surface area (Å²) in [7, 11) is 0. The molecule has 0 atom stereocenters. The van der Waals surface area contributed by atoms with Gasteiger partial charge in [0.2, 0.25) is 24.3 Å². The molecule has 0 aliphatic heterocycles. The van der Waals surface area contributed by atoms with Crippen LogP contribution in [0.15, 0.2) is 80.6 Å². The topological polar surface area (TPSA) is 118 Å². The van der Waals surface area contributed by atoms with E-state index in [-0.39, 0.29) is 5.54 Å². The summed E-state index contributed by atoms with van der Waals surface area (Å²) in [6.45, 7) is 12.1. The second kappa shape index (κ2) is 19.6. The van der Waals surface area contributed by atoms with Crippen LogP contribution in [-0.4, -0.2) is 36.4 Å². The molecule has 180 valence electrons. The van der Waals surface area contributed by atoms with Gasteiger partial charge in [0, 0.05) is 6.54 Å². The quantitative estimate of drug-likeness (QED) is 0.444. The molecule has 0 aliphatic rings. The van der Waals surface area contributed by atoms with Crippen LogP contribution in [0.2, 0.25) is 0 Å². The molecule has 0 aromatic heterocycles. The minimum atomic E-state index is -0.455. The van der Waals surface area contributed by atoms with E-state index in [0.29, 0.717) is 13.1 Å². The van der Waals surface area contributed by atoms with Crippen molar-refractivity contribution in [1.82, 2.24) is 0 Å². The minimum Gasteiger partial charge on any atom is -0.211 e. The summed E-state index contributed by atoms with van der Waals surface area (Å²) >= 11 is 0. The van der Waals surface area contributed by atoms with E-state index in [1.807, 2.05) is 95.3 Å². The molecular weight excluding hydrogens is 432 g/mol. The average Bonchev–Trinajstić information content (AvgIpc) is 2.80. The molecule has 2 aromatic carbocycles. The average molecular weight is 465 g/mol. The third-order valence-electron chi connectivity index (χ3n) is 3.58. The van der Waals surface area contributed by atoms with Crippen LogP contribution in [0.25, 0.3) is 0 Å². The molecule has 0 saturated carbocycles. The highest BCUT2D eigenvalue weighted by Crippen LogP contribution is 2.23. The Morgan fingerprint density at radius 3 is 1.44 bits per heavy atom. The molecule has 0 radical (unpaired) electrons. The van der Waals surface area contributed by atoms with Crippen LogP contribution < -0.4 is 0 Å². The zero-order chi connectivity index (χ0) is 26.3. The Morgan fingerprint density at radius 2 is 1.12 bits per heavy atom. The number of rotatable bonds is 5. The molecule has 2 aromatic rings. The second-order valence-electron chi connectivity index (χ2n) is 7.96. The number of nitrogens with zero attached hydrogens (tertiary/aromatic N) is 4. The van der Waals surface area contributed by atoms with Gasteiger partial charge in [-0.1, -0.05) is 60.7 Å². The van der Waals surface area contributed by atoms with E-state index in [1.54, 1.807) is 13.0 Å². The zero-order valence-corrected chi connectivity index (χ0v) is 20.6. The van der Waals surface area contributed by atoms with Crippen LogP contribution in [0, 0.1) is 0 Å². The van der Waals surface area contributed by atoms with Crippen molar-refractivity contribution in [3.05, 3.63) is 71.8 Å². The normalized spacial score (nSPS) is 9.12. The van der Waals surface area contributed by atoms with Gasteiger partial charge < -0.3 is 0 Å². The predicted octanol–water partition coefficient (Wildman–Crippen LogP) is 5.24. The largest absolute Gasteiger partial charge is 0.235 e. The van der Waals surface area contributed by atoms with E-state index in [0.717, 1.165) is 11.1 Å². The molecule has 0 unspecified atom stereocenters. The van der Waals surface area contributed by atoms with Crippen molar-refractivity contribution in [1.29, 1.82) is 0 Å². The molecule has 0 aliphatic carbocycles. The molecule has 0 bridgehead atoms. The third-order valence-corrected chi connectivity index (χ3v) is 3.58. The third kappa shape index (κ3) is 19.9. The fraction of sp³-hybridized carbons (Fsp3) is 0.385. The Bertz CT molecular complexity index is 990. The molecule has 0 spiro atoms. The summed E-state index contributed by atoms with van der Waals surface area (Å²) in [5.41, 5.74) is 1.35. The van der Waals surface area contributed by atoms with E-state index in [9.17, 15) is 14.4 Å². The Balaban J connectivity index is 0. The van der Waals surface area contributed by atoms with Crippen molar-refractivity contribution in [2.45, 2.75) is 59.2 Å². The first-order valence-electron chi connectivity index (χ1n) is 10.4. The van der Waals surface area contributed by atoms with Crippen LogP contribution in [0.3, 0.4) is 0 Å². The van der Waals surface area contributed by atoms with Crippen molar-refractivity contribution in [2.75, 3.05) is 6.54 Å². The first-order chi connectivity index (χ1) is 16.1. The lowest BCUT2D eigenvalue weighted by Crippen LogP contribution is -2.12. The SMILES string of the molecule is CC(C)(C)N=C=O.CC(C)(N=C=O)c1ccccc1.CCN=C=O.O=C=NCc1ccccc1. The summed E-state index contributed by atoms with van der Waals surface area (Å²) in [5, 5.41) is 0. The van der Waals surface area contributed by atoms with Crippen molar-refractivity contribution >= 4 is 24.3 Å². The fourth-order valence-electron chi connectivity index (χ4n) is 1.93. The molecule has 0 heterocycles. The summed E-state index contributed by atoms with van der Waals surface area (Å²) in [5.74, 6) is 0. The van der Waals surface area contributed by atoms with Crippen molar-refractivity contribution in [3.8, 4) is 0 Å². The molecule has 8 heteroatoms. The lowest BCUT2D eigenvalue weighted by molar-refractivity contribution is 0.523. The molecular formula is C26H32N4O4. The molecule has 0 amide bonds. The van der Waals surface area contributed by atoms with Gasteiger partial charge in [0.25, 0.3) is 0 Å². The van der Waals surface area contributed by atoms with Gasteiger partial charge in [-0.05, 0) is 52.7 Å². The van der Waals surface area contributed by atoms with Gasteiger partial charge in [0.1, 0.15) is 0 Å². The van der Waals surface area contributed by atoms with E-state index in [2.05, 4.69) is 20.0 Å². The molecule has 34 heavy (non-hydrogen) atoms. The van der Waals surface area contributed by atoms with Gasteiger partial charge in [0.15, 0.2) is 0 Å². The van der Waals surface area contributed by atoms with Crippen LogP contribution in [0.5, 0.6) is 0 Å². The van der Waals surface area contributed by atoms with Gasteiger partial charge in [-0.15, -0.1) is 0 Å². The maximum Gasteiger partial charge on any atom is 0.235 e. The zero-order valence-electron chi connectivity index (χ0n) is 20.6. The van der Waals surface area contributed by atoms with Crippen molar-refractivity contribution in [3.63, 3.8) is 0 Å². The number of hydrogen-bond donors (Lipinski definition) is 0. The number of isocyanates is 4. The number of carbonyl (C=O) groups excluding carboxylic acids is 4. The number of benzene rings is 2. The van der Waals surface area contributed by atoms with Crippen molar-refractivity contribution in [2.24, 2.45) is 20.0 Å². The number of hydrogen-bond acceptors (Lipinski definition) is 8. The van der Waals surface area contributed by atoms with Gasteiger partial charge >= 0.3 is 0 Å². The first kappa shape index (κ1) is 32.1. The maximum atomic E-state index is 10.1. The summed E-state index contributed by atoms with van der Waals surface area (Å²) in [6.07, 6.45) is 5.95. The molecule has 0 saturated heterocycles. The highest BCUT2D eigenvalue weighted by molar-refractivity contribution is 5.37. The Kier molecular flexibility index (Phi) is 18.6. The lowest BCUT2D eigenvalue weighted by Gasteiger charge is -2.16. The van der Waals surface area contributed by atoms with Crippen LogP contribution >= 0.6 is 0 Å². The summed E-state index contributed by atoms with van der Waals surface area (Å²) in [6, 6.07) is 19.3.